The minimum absolute atomic E-state index is 0.256. The third-order valence-electron chi connectivity index (χ3n) is 4.79. The largest absolute Gasteiger partial charge is 0.459 e. The SMILES string of the molecule is CCCc1ccc(C(F)(F)Oc2ccc(-c3cc(F)c(OC=CC(F)F)c(F)c3)c(F)c2)c(F)c1. The van der Waals surface area contributed by atoms with Crippen molar-refractivity contribution in [2.45, 2.75) is 32.3 Å². The molecule has 0 unspecified atom stereocenters. The van der Waals surface area contributed by atoms with E-state index in [1.165, 1.54) is 6.07 Å². The van der Waals surface area contributed by atoms with Gasteiger partial charge in [0.25, 0.3) is 6.43 Å². The number of aryl methyl sites for hydroxylation is 1. The summed E-state index contributed by atoms with van der Waals surface area (Å²) in [6, 6.07) is 6.95. The van der Waals surface area contributed by atoms with Crippen molar-refractivity contribution in [2.75, 3.05) is 0 Å². The molecule has 0 amide bonds. The molecule has 3 rings (SSSR count). The minimum atomic E-state index is -4.13. The molecule has 0 radical (unpaired) electrons. The summed E-state index contributed by atoms with van der Waals surface area (Å²) in [5, 5.41) is 0. The van der Waals surface area contributed by atoms with Gasteiger partial charge in [-0.15, -0.1) is 0 Å². The van der Waals surface area contributed by atoms with Gasteiger partial charge in [-0.2, -0.15) is 8.78 Å². The summed E-state index contributed by atoms with van der Waals surface area (Å²) in [6.45, 7) is 1.85. The van der Waals surface area contributed by atoms with Crippen LogP contribution in [0.2, 0.25) is 0 Å². The third kappa shape index (κ3) is 6.32. The van der Waals surface area contributed by atoms with Crippen molar-refractivity contribution in [1.29, 1.82) is 0 Å². The van der Waals surface area contributed by atoms with Gasteiger partial charge in [-0.1, -0.05) is 19.4 Å². The second-order valence-corrected chi connectivity index (χ2v) is 7.37. The minimum Gasteiger partial charge on any atom is -0.459 e. The Hall–Kier alpha value is -3.56. The number of rotatable bonds is 9. The van der Waals surface area contributed by atoms with E-state index in [-0.39, 0.29) is 17.2 Å². The second-order valence-electron chi connectivity index (χ2n) is 7.37. The molecule has 0 N–H and O–H groups in total. The van der Waals surface area contributed by atoms with Crippen molar-refractivity contribution in [3.05, 3.63) is 95.3 Å². The van der Waals surface area contributed by atoms with Crippen LogP contribution in [0.5, 0.6) is 11.5 Å². The van der Waals surface area contributed by atoms with Crippen molar-refractivity contribution in [2.24, 2.45) is 0 Å². The van der Waals surface area contributed by atoms with Crippen LogP contribution >= 0.6 is 0 Å². The molecule has 0 saturated carbocycles. The molecule has 35 heavy (non-hydrogen) atoms. The van der Waals surface area contributed by atoms with E-state index >= 15 is 0 Å². The van der Waals surface area contributed by atoms with Gasteiger partial charge < -0.3 is 9.47 Å². The van der Waals surface area contributed by atoms with Gasteiger partial charge in [-0.05, 0) is 53.9 Å². The van der Waals surface area contributed by atoms with Gasteiger partial charge >= 0.3 is 6.11 Å². The monoisotopic (exact) mass is 502 g/mol. The molecule has 10 heteroatoms. The van der Waals surface area contributed by atoms with Gasteiger partial charge in [0.1, 0.15) is 17.4 Å². The number of benzene rings is 3. The first kappa shape index (κ1) is 26.1. The third-order valence-corrected chi connectivity index (χ3v) is 4.79. The summed E-state index contributed by atoms with van der Waals surface area (Å²) in [5.74, 6) is -6.62. The average molecular weight is 502 g/mol. The number of allylic oxidation sites excluding steroid dienone is 1. The summed E-state index contributed by atoms with van der Waals surface area (Å²) in [4.78, 5) is 0. The van der Waals surface area contributed by atoms with Crippen LogP contribution in [0.25, 0.3) is 11.1 Å². The first-order valence-electron chi connectivity index (χ1n) is 10.3. The smallest absolute Gasteiger partial charge is 0.429 e. The van der Waals surface area contributed by atoms with Gasteiger partial charge in [-0.3, -0.25) is 0 Å². The van der Waals surface area contributed by atoms with Crippen LogP contribution in [0.1, 0.15) is 24.5 Å². The standard InChI is InChI=1S/C25H18F8O2/c1-2-3-14-4-7-18(20(27)10-14)25(32,33)35-16-5-6-17(19(26)13-16)15-11-21(28)24(22(29)12-15)34-9-8-23(30)31/h4-13,23H,2-3H2,1H3. The summed E-state index contributed by atoms with van der Waals surface area (Å²) in [5.41, 5.74) is -1.20. The molecule has 0 aliphatic rings. The number of hydrogen-bond acceptors (Lipinski definition) is 2. The summed E-state index contributed by atoms with van der Waals surface area (Å²) >= 11 is 0. The first-order valence-corrected chi connectivity index (χ1v) is 10.3. The molecule has 0 spiro atoms. The zero-order chi connectivity index (χ0) is 25.8. The molecule has 3 aromatic carbocycles. The molecule has 0 aliphatic heterocycles. The maximum Gasteiger partial charge on any atom is 0.429 e. The molecule has 0 aromatic heterocycles. The number of ether oxygens (including phenoxy) is 2. The summed E-state index contributed by atoms with van der Waals surface area (Å²) in [7, 11) is 0. The van der Waals surface area contributed by atoms with Crippen LogP contribution in [0.15, 0.2) is 60.9 Å². The Morgan fingerprint density at radius 1 is 0.857 bits per heavy atom. The summed E-state index contributed by atoms with van der Waals surface area (Å²) in [6.07, 6.45) is -5.19. The summed E-state index contributed by atoms with van der Waals surface area (Å²) < 4.78 is 119. The van der Waals surface area contributed by atoms with Crippen LogP contribution in [0.3, 0.4) is 0 Å². The van der Waals surface area contributed by atoms with E-state index in [9.17, 15) is 35.1 Å². The van der Waals surface area contributed by atoms with Crippen molar-refractivity contribution in [1.82, 2.24) is 0 Å². The lowest BCUT2D eigenvalue weighted by molar-refractivity contribution is -0.187. The molecule has 0 bridgehead atoms. The number of halogens is 8. The Morgan fingerprint density at radius 2 is 1.54 bits per heavy atom. The maximum atomic E-state index is 14.6. The molecule has 0 heterocycles. The number of hydrogen-bond donors (Lipinski definition) is 0. The highest BCUT2D eigenvalue weighted by atomic mass is 19.3. The van der Waals surface area contributed by atoms with E-state index in [0.717, 1.165) is 24.3 Å². The second kappa shape index (κ2) is 10.8. The highest BCUT2D eigenvalue weighted by molar-refractivity contribution is 5.66. The first-order chi connectivity index (χ1) is 16.5. The molecule has 3 aromatic rings. The molecule has 0 aliphatic carbocycles. The van der Waals surface area contributed by atoms with Gasteiger partial charge in [0.15, 0.2) is 17.4 Å². The van der Waals surface area contributed by atoms with Crippen LogP contribution in [-0.4, -0.2) is 6.43 Å². The molecule has 0 atom stereocenters. The molecule has 0 saturated heterocycles. The highest BCUT2D eigenvalue weighted by Gasteiger charge is 2.38. The van der Waals surface area contributed by atoms with E-state index in [1.807, 2.05) is 6.92 Å². The van der Waals surface area contributed by atoms with Crippen LogP contribution < -0.4 is 9.47 Å². The normalized spacial score (nSPS) is 11.9. The van der Waals surface area contributed by atoms with Crippen LogP contribution in [-0.2, 0) is 12.5 Å². The molecule has 0 fully saturated rings. The molecule has 2 nitrogen and oxygen atoms in total. The predicted octanol–water partition coefficient (Wildman–Crippen LogP) is 8.15. The molecule has 186 valence electrons. The fourth-order valence-corrected chi connectivity index (χ4v) is 3.23. The fraction of sp³-hybridized carbons (Fsp3) is 0.200. The average Bonchev–Trinajstić information content (AvgIpc) is 2.75. The Morgan fingerprint density at radius 3 is 2.11 bits per heavy atom. The lowest BCUT2D eigenvalue weighted by Gasteiger charge is -2.19. The Labute approximate surface area is 195 Å². The Kier molecular flexibility index (Phi) is 8.03. The Bertz CT molecular complexity index is 1200. The lowest BCUT2D eigenvalue weighted by atomic mass is 10.0. The van der Waals surface area contributed by atoms with Gasteiger partial charge in [0.2, 0.25) is 0 Å². The highest BCUT2D eigenvalue weighted by Crippen LogP contribution is 2.36. The van der Waals surface area contributed by atoms with Crippen molar-refractivity contribution in [3.8, 4) is 22.6 Å². The lowest BCUT2D eigenvalue weighted by Crippen LogP contribution is -2.23. The van der Waals surface area contributed by atoms with E-state index in [2.05, 4.69) is 9.47 Å². The van der Waals surface area contributed by atoms with Crippen molar-refractivity contribution < 1.29 is 44.6 Å². The van der Waals surface area contributed by atoms with Crippen LogP contribution in [0.4, 0.5) is 35.1 Å². The van der Waals surface area contributed by atoms with Crippen molar-refractivity contribution >= 4 is 0 Å². The van der Waals surface area contributed by atoms with Crippen LogP contribution in [0, 0.1) is 23.3 Å². The van der Waals surface area contributed by atoms with Crippen molar-refractivity contribution in [3.63, 3.8) is 0 Å². The zero-order valence-electron chi connectivity index (χ0n) is 18.1. The van der Waals surface area contributed by atoms with Gasteiger partial charge in [-0.25, -0.2) is 26.3 Å². The maximum absolute atomic E-state index is 14.6. The van der Waals surface area contributed by atoms with E-state index in [1.54, 1.807) is 0 Å². The topological polar surface area (TPSA) is 18.5 Å². The molecular weight excluding hydrogens is 484 g/mol. The molecular formula is C25H18F8O2. The van der Waals surface area contributed by atoms with E-state index in [0.29, 0.717) is 42.9 Å². The van der Waals surface area contributed by atoms with Gasteiger partial charge in [0.05, 0.1) is 11.8 Å². The van der Waals surface area contributed by atoms with Gasteiger partial charge in [0, 0.05) is 17.7 Å². The quantitative estimate of drug-likeness (QED) is 0.217. The number of alkyl halides is 4. The zero-order valence-corrected chi connectivity index (χ0v) is 18.1. The fourth-order valence-electron chi connectivity index (χ4n) is 3.23. The van der Waals surface area contributed by atoms with E-state index in [4.69, 9.17) is 0 Å². The predicted molar refractivity (Wildman–Crippen MR) is 112 cm³/mol. The van der Waals surface area contributed by atoms with E-state index < -0.39 is 52.9 Å². The Balaban J connectivity index is 1.83.